The van der Waals surface area contributed by atoms with E-state index >= 15 is 0 Å². The van der Waals surface area contributed by atoms with E-state index in [0.29, 0.717) is 5.92 Å². The largest absolute Gasteiger partial charge is 0.383 e. The molecule has 1 heteroatoms. The van der Waals surface area contributed by atoms with Gasteiger partial charge in [-0.2, -0.15) is 0 Å². The Morgan fingerprint density at radius 2 is 1.92 bits per heavy atom. The lowest BCUT2D eigenvalue weighted by Crippen LogP contribution is -2.04. The van der Waals surface area contributed by atoms with Crippen molar-refractivity contribution >= 4 is 0 Å². The summed E-state index contributed by atoms with van der Waals surface area (Å²) in [6.07, 6.45) is 4.65. The Hall–Kier alpha value is -0.720. The smallest absolute Gasteiger partial charge is 0.00557 e. The van der Waals surface area contributed by atoms with Gasteiger partial charge < -0.3 is 4.90 Å². The van der Waals surface area contributed by atoms with Crippen LogP contribution in [0.3, 0.4) is 0 Å². The highest BCUT2D eigenvalue weighted by atomic mass is 15.0. The molecule has 0 saturated heterocycles. The Morgan fingerprint density at radius 1 is 1.38 bits per heavy atom. The van der Waals surface area contributed by atoms with Crippen LogP contribution in [-0.2, 0) is 0 Å². The first-order chi connectivity index (χ1) is 6.11. The summed E-state index contributed by atoms with van der Waals surface area (Å²) in [5.74, 6) is 0.713. The summed E-state index contributed by atoms with van der Waals surface area (Å²) in [4.78, 5) is 2.10. The van der Waals surface area contributed by atoms with Crippen molar-refractivity contribution in [3.05, 3.63) is 23.9 Å². The molecule has 1 fully saturated rings. The first-order valence-electron chi connectivity index (χ1n) is 5.17. The van der Waals surface area contributed by atoms with Crippen molar-refractivity contribution in [1.29, 1.82) is 0 Å². The molecule has 1 rings (SSSR count). The fourth-order valence-corrected chi connectivity index (χ4v) is 1.54. The SMILES string of the molecule is C=C1CC[C@H](C)/C1=C/N(C)C.CC. The van der Waals surface area contributed by atoms with Crippen molar-refractivity contribution in [3.8, 4) is 0 Å². The molecule has 1 saturated carbocycles. The zero-order chi connectivity index (χ0) is 10.4. The third kappa shape index (κ3) is 3.67. The zero-order valence-electron chi connectivity index (χ0n) is 9.72. The van der Waals surface area contributed by atoms with Crippen molar-refractivity contribution in [2.45, 2.75) is 33.6 Å². The monoisotopic (exact) mass is 181 g/mol. The minimum absolute atomic E-state index is 0.713. The highest BCUT2D eigenvalue weighted by Crippen LogP contribution is 2.34. The van der Waals surface area contributed by atoms with E-state index in [9.17, 15) is 0 Å². The van der Waals surface area contributed by atoms with Crippen molar-refractivity contribution in [2.24, 2.45) is 5.92 Å². The van der Waals surface area contributed by atoms with E-state index in [-0.39, 0.29) is 0 Å². The van der Waals surface area contributed by atoms with Crippen LogP contribution in [0.25, 0.3) is 0 Å². The van der Waals surface area contributed by atoms with Crippen LogP contribution in [0.1, 0.15) is 33.6 Å². The fourth-order valence-electron chi connectivity index (χ4n) is 1.54. The summed E-state index contributed by atoms with van der Waals surface area (Å²) < 4.78 is 0. The second-order valence-corrected chi connectivity index (χ2v) is 3.59. The van der Waals surface area contributed by atoms with Gasteiger partial charge in [0.2, 0.25) is 0 Å². The maximum Gasteiger partial charge on any atom is 0.00557 e. The standard InChI is InChI=1S/C10H17N.C2H6/c1-8-5-6-9(2)10(8)7-11(3)4;1-2/h7,9H,1,5-6H2,2-4H3;1-2H3/b10-7+;/t9-;/m0./s1. The zero-order valence-corrected chi connectivity index (χ0v) is 9.72. The van der Waals surface area contributed by atoms with Crippen LogP contribution in [0.5, 0.6) is 0 Å². The van der Waals surface area contributed by atoms with Crippen LogP contribution in [0.15, 0.2) is 23.9 Å². The second kappa shape index (κ2) is 5.85. The van der Waals surface area contributed by atoms with E-state index < -0.39 is 0 Å². The summed E-state index contributed by atoms with van der Waals surface area (Å²) in [7, 11) is 4.12. The van der Waals surface area contributed by atoms with Gasteiger partial charge in [-0.3, -0.25) is 0 Å². The molecule has 0 aromatic heterocycles. The lowest BCUT2D eigenvalue weighted by atomic mass is 10.1. The lowest BCUT2D eigenvalue weighted by molar-refractivity contribution is 0.549. The third-order valence-corrected chi connectivity index (χ3v) is 2.22. The minimum Gasteiger partial charge on any atom is -0.383 e. The molecular formula is C12H23N. The molecule has 0 aromatic carbocycles. The molecule has 1 atom stereocenters. The van der Waals surface area contributed by atoms with Gasteiger partial charge in [0.05, 0.1) is 0 Å². The number of allylic oxidation sites excluding steroid dienone is 2. The molecule has 0 aromatic rings. The highest BCUT2D eigenvalue weighted by molar-refractivity contribution is 5.34. The Balaban J connectivity index is 0.000000671. The van der Waals surface area contributed by atoms with Gasteiger partial charge in [0.15, 0.2) is 0 Å². The molecule has 1 aliphatic carbocycles. The molecule has 0 N–H and O–H groups in total. The van der Waals surface area contributed by atoms with Gasteiger partial charge in [0.25, 0.3) is 0 Å². The van der Waals surface area contributed by atoms with E-state index in [1.807, 2.05) is 13.8 Å². The van der Waals surface area contributed by atoms with Crippen LogP contribution in [0.2, 0.25) is 0 Å². The molecule has 1 nitrogen and oxygen atoms in total. The first kappa shape index (κ1) is 12.3. The normalized spacial score (nSPS) is 24.2. The van der Waals surface area contributed by atoms with Crippen molar-refractivity contribution < 1.29 is 0 Å². The predicted molar refractivity (Wildman–Crippen MR) is 60.7 cm³/mol. The maximum atomic E-state index is 4.04. The molecule has 0 bridgehead atoms. The van der Waals surface area contributed by atoms with E-state index in [2.05, 4.69) is 38.7 Å². The predicted octanol–water partition coefficient (Wildman–Crippen LogP) is 3.44. The van der Waals surface area contributed by atoms with Crippen LogP contribution >= 0.6 is 0 Å². The van der Waals surface area contributed by atoms with Gasteiger partial charge in [-0.25, -0.2) is 0 Å². The molecular weight excluding hydrogens is 158 g/mol. The van der Waals surface area contributed by atoms with E-state index in [1.54, 1.807) is 0 Å². The maximum absolute atomic E-state index is 4.04. The number of rotatable bonds is 1. The minimum atomic E-state index is 0.713. The Kier molecular flexibility index (Phi) is 5.52. The summed E-state index contributed by atoms with van der Waals surface area (Å²) >= 11 is 0. The quantitative estimate of drug-likeness (QED) is 0.599. The molecule has 13 heavy (non-hydrogen) atoms. The summed E-state index contributed by atoms with van der Waals surface area (Å²) in [5, 5.41) is 0. The molecule has 0 unspecified atom stereocenters. The molecule has 0 heterocycles. The topological polar surface area (TPSA) is 3.24 Å². The van der Waals surface area contributed by atoms with Gasteiger partial charge >= 0.3 is 0 Å². The average Bonchev–Trinajstić information content (AvgIpc) is 2.39. The Morgan fingerprint density at radius 3 is 2.23 bits per heavy atom. The molecule has 0 radical (unpaired) electrons. The van der Waals surface area contributed by atoms with Crippen LogP contribution < -0.4 is 0 Å². The van der Waals surface area contributed by atoms with Crippen LogP contribution in [0.4, 0.5) is 0 Å². The lowest BCUT2D eigenvalue weighted by Gasteiger charge is -2.10. The number of hydrogen-bond acceptors (Lipinski definition) is 1. The molecule has 76 valence electrons. The van der Waals surface area contributed by atoms with Gasteiger partial charge in [-0.1, -0.05) is 32.9 Å². The van der Waals surface area contributed by atoms with Crippen molar-refractivity contribution in [2.75, 3.05) is 14.1 Å². The Bertz CT molecular complexity index is 189. The number of nitrogens with zero attached hydrogens (tertiary/aromatic N) is 1. The van der Waals surface area contributed by atoms with Crippen LogP contribution in [-0.4, -0.2) is 19.0 Å². The highest BCUT2D eigenvalue weighted by Gasteiger charge is 2.19. The summed E-state index contributed by atoms with van der Waals surface area (Å²) in [6, 6.07) is 0. The van der Waals surface area contributed by atoms with Gasteiger partial charge in [0, 0.05) is 20.3 Å². The van der Waals surface area contributed by atoms with Gasteiger partial charge in [-0.15, -0.1) is 0 Å². The molecule has 1 aliphatic rings. The second-order valence-electron chi connectivity index (χ2n) is 3.59. The van der Waals surface area contributed by atoms with Crippen LogP contribution in [0, 0.1) is 5.92 Å². The van der Waals surface area contributed by atoms with Crippen molar-refractivity contribution in [3.63, 3.8) is 0 Å². The van der Waals surface area contributed by atoms with Gasteiger partial charge in [0.1, 0.15) is 0 Å². The van der Waals surface area contributed by atoms with E-state index in [4.69, 9.17) is 0 Å². The first-order valence-corrected chi connectivity index (χ1v) is 5.17. The number of hydrogen-bond donors (Lipinski definition) is 0. The molecule has 0 aliphatic heterocycles. The van der Waals surface area contributed by atoms with Gasteiger partial charge in [-0.05, 0) is 24.3 Å². The Labute approximate surface area is 83.1 Å². The average molecular weight is 181 g/mol. The van der Waals surface area contributed by atoms with E-state index in [1.165, 1.54) is 24.0 Å². The summed E-state index contributed by atoms with van der Waals surface area (Å²) in [5.41, 5.74) is 2.77. The van der Waals surface area contributed by atoms with Crippen molar-refractivity contribution in [1.82, 2.24) is 4.90 Å². The summed E-state index contributed by atoms with van der Waals surface area (Å²) in [6.45, 7) is 10.3. The van der Waals surface area contributed by atoms with E-state index in [0.717, 1.165) is 0 Å². The molecule has 0 amide bonds. The molecule has 0 spiro atoms. The third-order valence-electron chi connectivity index (χ3n) is 2.22. The fraction of sp³-hybridized carbons (Fsp3) is 0.667.